The molecule has 31 heavy (non-hydrogen) atoms. The second kappa shape index (κ2) is 11.5. The Bertz CT molecular complexity index is 858. The maximum Gasteiger partial charge on any atom is 0.260 e. The molecule has 2 rings (SSSR count). The predicted molar refractivity (Wildman–Crippen MR) is 124 cm³/mol. The van der Waals surface area contributed by atoms with Gasteiger partial charge in [-0.05, 0) is 24.0 Å². The molecule has 2 aromatic rings. The molecule has 0 aliphatic carbocycles. The van der Waals surface area contributed by atoms with Crippen molar-refractivity contribution < 1.29 is 14.1 Å². The molecule has 0 saturated carbocycles. The van der Waals surface area contributed by atoms with Crippen molar-refractivity contribution in [2.24, 2.45) is 17.6 Å². The fourth-order valence-corrected chi connectivity index (χ4v) is 3.28. The van der Waals surface area contributed by atoms with Gasteiger partial charge in [-0.3, -0.25) is 9.59 Å². The number of halogens is 2. The number of anilines is 1. The number of rotatable bonds is 10. The molecule has 2 amide bonds. The van der Waals surface area contributed by atoms with Crippen LogP contribution in [0.5, 0.6) is 0 Å². The van der Waals surface area contributed by atoms with Crippen LogP contribution in [-0.4, -0.2) is 40.4 Å². The molecule has 0 bridgehead atoms. The van der Waals surface area contributed by atoms with E-state index in [2.05, 4.69) is 10.5 Å². The van der Waals surface area contributed by atoms with Gasteiger partial charge in [0.1, 0.15) is 0 Å². The van der Waals surface area contributed by atoms with E-state index in [-0.39, 0.29) is 30.3 Å². The number of aromatic nitrogens is 1. The molecule has 0 aliphatic heterocycles. The van der Waals surface area contributed by atoms with Crippen molar-refractivity contribution in [2.75, 3.05) is 11.4 Å². The highest BCUT2D eigenvalue weighted by molar-refractivity contribution is 6.54. The van der Waals surface area contributed by atoms with Gasteiger partial charge in [0.05, 0.1) is 12.2 Å². The summed E-state index contributed by atoms with van der Waals surface area (Å²) < 4.78 is 5.22. The van der Waals surface area contributed by atoms with Crippen molar-refractivity contribution >= 4 is 40.7 Å². The minimum absolute atomic E-state index is 0.0324. The Balaban J connectivity index is 2.31. The van der Waals surface area contributed by atoms with E-state index < -0.39 is 16.8 Å². The van der Waals surface area contributed by atoms with Gasteiger partial charge >= 0.3 is 0 Å². The SMILES string of the molecule is CCC(C)[C@H](N)C(=O)N[C@H](CN(C(=O)C(Cl)Cl)c1cccc(-c2ccno2)c1)C(C)C. The van der Waals surface area contributed by atoms with Crippen molar-refractivity contribution in [1.82, 2.24) is 10.5 Å². The van der Waals surface area contributed by atoms with Gasteiger partial charge < -0.3 is 20.5 Å². The summed E-state index contributed by atoms with van der Waals surface area (Å²) in [6, 6.07) is 7.96. The van der Waals surface area contributed by atoms with Crippen LogP contribution in [-0.2, 0) is 9.59 Å². The number of benzene rings is 1. The van der Waals surface area contributed by atoms with Crippen LogP contribution in [0.3, 0.4) is 0 Å². The van der Waals surface area contributed by atoms with Crippen LogP contribution in [0, 0.1) is 11.8 Å². The van der Waals surface area contributed by atoms with Crippen LogP contribution >= 0.6 is 23.2 Å². The number of alkyl halides is 2. The number of hydrogen-bond donors (Lipinski definition) is 2. The van der Waals surface area contributed by atoms with E-state index >= 15 is 0 Å². The summed E-state index contributed by atoms with van der Waals surface area (Å²) in [4.78, 5) is 25.8. The zero-order valence-electron chi connectivity index (χ0n) is 18.2. The van der Waals surface area contributed by atoms with E-state index in [1.165, 1.54) is 4.90 Å². The van der Waals surface area contributed by atoms with E-state index in [0.29, 0.717) is 11.4 Å². The third-order valence-corrected chi connectivity index (χ3v) is 5.78. The third-order valence-electron chi connectivity index (χ3n) is 5.40. The second-order valence-corrected chi connectivity index (χ2v) is 9.04. The van der Waals surface area contributed by atoms with Gasteiger partial charge in [-0.2, -0.15) is 0 Å². The number of nitrogens with zero attached hydrogens (tertiary/aromatic N) is 2. The summed E-state index contributed by atoms with van der Waals surface area (Å²) in [5, 5.41) is 6.72. The number of hydrogen-bond acceptors (Lipinski definition) is 5. The Morgan fingerprint density at radius 3 is 2.48 bits per heavy atom. The number of carbonyl (C=O) groups is 2. The van der Waals surface area contributed by atoms with Gasteiger partial charge in [0.25, 0.3) is 5.91 Å². The van der Waals surface area contributed by atoms with Gasteiger partial charge in [-0.15, -0.1) is 0 Å². The summed E-state index contributed by atoms with van der Waals surface area (Å²) in [5.41, 5.74) is 7.42. The minimum atomic E-state index is -1.25. The van der Waals surface area contributed by atoms with Crippen molar-refractivity contribution in [2.45, 2.75) is 51.0 Å². The molecule has 0 radical (unpaired) electrons. The average molecular weight is 469 g/mol. The molecule has 170 valence electrons. The van der Waals surface area contributed by atoms with Crippen molar-refractivity contribution in [3.8, 4) is 11.3 Å². The molecule has 9 heteroatoms. The van der Waals surface area contributed by atoms with E-state index in [0.717, 1.165) is 12.0 Å². The smallest absolute Gasteiger partial charge is 0.260 e. The Morgan fingerprint density at radius 2 is 1.94 bits per heavy atom. The molecule has 0 saturated heterocycles. The first kappa shape index (κ1) is 25.2. The van der Waals surface area contributed by atoms with E-state index in [4.69, 9.17) is 33.5 Å². The molecule has 0 fully saturated rings. The Labute approximate surface area is 193 Å². The normalized spacial score (nSPS) is 14.4. The van der Waals surface area contributed by atoms with Gasteiger partial charge in [0, 0.05) is 29.9 Å². The van der Waals surface area contributed by atoms with Crippen LogP contribution in [0.1, 0.15) is 34.1 Å². The minimum Gasteiger partial charge on any atom is -0.356 e. The molecular weight excluding hydrogens is 439 g/mol. The van der Waals surface area contributed by atoms with Gasteiger partial charge in [0.2, 0.25) is 5.91 Å². The number of amides is 2. The molecule has 1 unspecified atom stereocenters. The topological polar surface area (TPSA) is 101 Å². The zero-order chi connectivity index (χ0) is 23.1. The van der Waals surface area contributed by atoms with Crippen LogP contribution in [0.4, 0.5) is 5.69 Å². The lowest BCUT2D eigenvalue weighted by atomic mass is 9.97. The Kier molecular flexibility index (Phi) is 9.34. The van der Waals surface area contributed by atoms with E-state index in [9.17, 15) is 9.59 Å². The van der Waals surface area contributed by atoms with Gasteiger partial charge in [-0.1, -0.05) is 74.6 Å². The third kappa shape index (κ3) is 6.69. The zero-order valence-corrected chi connectivity index (χ0v) is 19.7. The molecule has 1 aromatic carbocycles. The molecule has 1 aromatic heterocycles. The summed E-state index contributed by atoms with van der Waals surface area (Å²) in [6.45, 7) is 8.04. The van der Waals surface area contributed by atoms with Crippen LogP contribution in [0.15, 0.2) is 41.1 Å². The van der Waals surface area contributed by atoms with Gasteiger partial charge in [0.15, 0.2) is 10.6 Å². The Hall–Kier alpha value is -2.09. The number of nitrogens with one attached hydrogen (secondary N) is 1. The summed E-state index contributed by atoms with van der Waals surface area (Å²) in [7, 11) is 0. The fourth-order valence-electron chi connectivity index (χ4n) is 3.04. The molecule has 3 atom stereocenters. The molecule has 1 heterocycles. The average Bonchev–Trinajstić information content (AvgIpc) is 3.29. The molecule has 0 aliphatic rings. The van der Waals surface area contributed by atoms with Crippen LogP contribution in [0.2, 0.25) is 0 Å². The van der Waals surface area contributed by atoms with Crippen LogP contribution < -0.4 is 16.0 Å². The number of carbonyl (C=O) groups excluding carboxylic acids is 2. The molecule has 0 spiro atoms. The van der Waals surface area contributed by atoms with Crippen molar-refractivity contribution in [3.63, 3.8) is 0 Å². The lowest BCUT2D eigenvalue weighted by Gasteiger charge is -2.32. The largest absolute Gasteiger partial charge is 0.356 e. The Morgan fingerprint density at radius 1 is 1.23 bits per heavy atom. The van der Waals surface area contributed by atoms with E-state index in [1.54, 1.807) is 30.5 Å². The molecule has 3 N–H and O–H groups in total. The highest BCUT2D eigenvalue weighted by Crippen LogP contribution is 2.26. The monoisotopic (exact) mass is 468 g/mol. The summed E-state index contributed by atoms with van der Waals surface area (Å²) in [5.74, 6) is -0.0896. The predicted octanol–water partition coefficient (Wildman–Crippen LogP) is 3.99. The summed E-state index contributed by atoms with van der Waals surface area (Å²) >= 11 is 11.9. The first-order valence-electron chi connectivity index (χ1n) is 10.3. The lowest BCUT2D eigenvalue weighted by Crippen LogP contribution is -2.54. The highest BCUT2D eigenvalue weighted by atomic mass is 35.5. The van der Waals surface area contributed by atoms with Gasteiger partial charge in [-0.25, -0.2) is 0 Å². The number of nitrogens with two attached hydrogens (primary N) is 1. The maximum atomic E-state index is 12.9. The van der Waals surface area contributed by atoms with Crippen LogP contribution in [0.25, 0.3) is 11.3 Å². The van der Waals surface area contributed by atoms with E-state index in [1.807, 2.05) is 33.8 Å². The standard InChI is InChI=1S/C22H30Cl2N4O3/c1-5-14(4)19(25)21(29)27-17(13(2)3)12-28(22(30)20(23)24)16-8-6-7-15(11-16)18-9-10-26-31-18/h6-11,13-14,17,19-20H,5,12,25H2,1-4H3,(H,27,29)/t14?,17-,19+/m1/s1. The second-order valence-electron chi connectivity index (χ2n) is 7.95. The highest BCUT2D eigenvalue weighted by Gasteiger charge is 2.29. The molecule has 7 nitrogen and oxygen atoms in total. The van der Waals surface area contributed by atoms with Crippen molar-refractivity contribution in [1.29, 1.82) is 0 Å². The molecular formula is C22H30Cl2N4O3. The maximum absolute atomic E-state index is 12.9. The first-order valence-corrected chi connectivity index (χ1v) is 11.2. The lowest BCUT2D eigenvalue weighted by molar-refractivity contribution is -0.124. The fraction of sp³-hybridized carbons (Fsp3) is 0.500. The quantitative estimate of drug-likeness (QED) is 0.513. The first-order chi connectivity index (χ1) is 14.6. The van der Waals surface area contributed by atoms with Crippen molar-refractivity contribution in [3.05, 3.63) is 36.5 Å². The summed E-state index contributed by atoms with van der Waals surface area (Å²) in [6.07, 6.45) is 2.34.